The summed E-state index contributed by atoms with van der Waals surface area (Å²) in [6.07, 6.45) is 2.51. The Labute approximate surface area is 119 Å². The molecule has 0 aromatic carbocycles. The minimum Gasteiger partial charge on any atom is -0.378 e. The first kappa shape index (κ1) is 16.0. The van der Waals surface area contributed by atoms with Crippen LogP contribution in [0.3, 0.4) is 0 Å². The molecule has 1 aromatic heterocycles. The van der Waals surface area contributed by atoms with Crippen LogP contribution >= 0.6 is 11.6 Å². The summed E-state index contributed by atoms with van der Waals surface area (Å²) in [5, 5.41) is 7.50. The lowest BCUT2D eigenvalue weighted by Gasteiger charge is -2.21. The van der Waals surface area contributed by atoms with Crippen molar-refractivity contribution in [2.75, 3.05) is 11.9 Å². The lowest BCUT2D eigenvalue weighted by atomic mass is 10.0. The fraction of sp³-hybridized carbons (Fsp3) is 0.692. The van der Waals surface area contributed by atoms with Gasteiger partial charge in [0, 0.05) is 12.6 Å². The zero-order valence-electron chi connectivity index (χ0n) is 12.0. The zero-order chi connectivity index (χ0) is 14.6. The number of rotatable bonds is 6. The third-order valence-corrected chi connectivity index (χ3v) is 3.20. The second-order valence-corrected chi connectivity index (χ2v) is 5.80. The van der Waals surface area contributed by atoms with Crippen molar-refractivity contribution in [1.82, 2.24) is 9.78 Å². The van der Waals surface area contributed by atoms with Crippen molar-refractivity contribution in [1.29, 1.82) is 0 Å². The highest BCUT2D eigenvalue weighted by Gasteiger charge is 2.15. The first-order chi connectivity index (χ1) is 8.86. The van der Waals surface area contributed by atoms with Gasteiger partial charge in [-0.2, -0.15) is 5.10 Å². The molecule has 1 atom stereocenters. The fourth-order valence-corrected chi connectivity index (χ4v) is 2.11. The number of halogens is 1. The number of anilines is 1. The Morgan fingerprint density at radius 1 is 1.42 bits per heavy atom. The largest absolute Gasteiger partial charge is 0.378 e. The van der Waals surface area contributed by atoms with Crippen LogP contribution in [-0.4, -0.2) is 22.4 Å². The van der Waals surface area contributed by atoms with E-state index in [2.05, 4.69) is 24.3 Å². The number of nitrogens with two attached hydrogens (primary N) is 1. The van der Waals surface area contributed by atoms with Crippen molar-refractivity contribution in [2.45, 2.75) is 46.2 Å². The molecule has 6 heteroatoms. The summed E-state index contributed by atoms with van der Waals surface area (Å²) in [5.74, 6) is 0.517. The number of nitrogens with zero attached hydrogens (tertiary/aromatic N) is 2. The van der Waals surface area contributed by atoms with Gasteiger partial charge in [-0.1, -0.05) is 25.4 Å². The van der Waals surface area contributed by atoms with Gasteiger partial charge >= 0.3 is 0 Å². The van der Waals surface area contributed by atoms with E-state index in [1.165, 1.54) is 4.68 Å². The third kappa shape index (κ3) is 4.21. The van der Waals surface area contributed by atoms with E-state index < -0.39 is 0 Å². The first-order valence-corrected chi connectivity index (χ1v) is 6.98. The van der Waals surface area contributed by atoms with Gasteiger partial charge in [0.15, 0.2) is 0 Å². The molecular weight excluding hydrogens is 264 g/mol. The maximum absolute atomic E-state index is 12.0. The van der Waals surface area contributed by atoms with Crippen molar-refractivity contribution in [3.63, 3.8) is 0 Å². The van der Waals surface area contributed by atoms with Crippen molar-refractivity contribution >= 4 is 17.3 Å². The zero-order valence-corrected chi connectivity index (χ0v) is 12.7. The van der Waals surface area contributed by atoms with E-state index in [1.54, 1.807) is 6.20 Å². The van der Waals surface area contributed by atoms with Crippen LogP contribution in [0.1, 0.15) is 40.2 Å². The number of hydrogen-bond donors (Lipinski definition) is 2. The fourth-order valence-electron chi connectivity index (χ4n) is 1.92. The maximum atomic E-state index is 12.0. The summed E-state index contributed by atoms with van der Waals surface area (Å²) < 4.78 is 1.37. The Balaban J connectivity index is 2.96. The highest BCUT2D eigenvalue weighted by atomic mass is 35.5. The summed E-state index contributed by atoms with van der Waals surface area (Å²) in [4.78, 5) is 12.0. The van der Waals surface area contributed by atoms with Gasteiger partial charge in [-0.05, 0) is 26.2 Å². The average Bonchev–Trinajstić information content (AvgIpc) is 2.33. The number of nitrogens with one attached hydrogen (secondary N) is 1. The maximum Gasteiger partial charge on any atom is 0.287 e. The third-order valence-electron chi connectivity index (χ3n) is 2.83. The van der Waals surface area contributed by atoms with Crippen LogP contribution in [0.25, 0.3) is 0 Å². The number of hydrogen-bond acceptors (Lipinski definition) is 4. The minimum atomic E-state index is -0.276. The van der Waals surface area contributed by atoms with E-state index >= 15 is 0 Å². The quantitative estimate of drug-likeness (QED) is 0.841. The van der Waals surface area contributed by atoms with E-state index in [4.69, 9.17) is 17.3 Å². The molecule has 0 bridgehead atoms. The molecule has 0 saturated heterocycles. The highest BCUT2D eigenvalue weighted by Crippen LogP contribution is 2.19. The van der Waals surface area contributed by atoms with Gasteiger partial charge in [-0.3, -0.25) is 4.79 Å². The van der Waals surface area contributed by atoms with Gasteiger partial charge < -0.3 is 11.1 Å². The Hall–Kier alpha value is -1.07. The predicted molar refractivity (Wildman–Crippen MR) is 79.8 cm³/mol. The Morgan fingerprint density at radius 3 is 2.53 bits per heavy atom. The monoisotopic (exact) mass is 286 g/mol. The Morgan fingerprint density at radius 2 is 2.05 bits per heavy atom. The summed E-state index contributed by atoms with van der Waals surface area (Å²) >= 11 is 6.10. The van der Waals surface area contributed by atoms with Crippen molar-refractivity contribution in [3.05, 3.63) is 21.6 Å². The molecule has 0 spiro atoms. The van der Waals surface area contributed by atoms with Crippen LogP contribution in [0.4, 0.5) is 5.69 Å². The molecule has 0 saturated carbocycles. The predicted octanol–water partition coefficient (Wildman–Crippen LogP) is 2.26. The van der Waals surface area contributed by atoms with Gasteiger partial charge in [0.05, 0.1) is 17.9 Å². The minimum absolute atomic E-state index is 0.0139. The number of aromatic nitrogens is 2. The van der Waals surface area contributed by atoms with Crippen LogP contribution in [0.5, 0.6) is 0 Å². The molecule has 3 N–H and O–H groups in total. The van der Waals surface area contributed by atoms with Crippen molar-refractivity contribution in [2.24, 2.45) is 11.7 Å². The van der Waals surface area contributed by atoms with E-state index in [-0.39, 0.29) is 22.7 Å². The van der Waals surface area contributed by atoms with Gasteiger partial charge in [0.2, 0.25) is 0 Å². The highest BCUT2D eigenvalue weighted by molar-refractivity contribution is 6.32. The van der Waals surface area contributed by atoms with Crippen molar-refractivity contribution < 1.29 is 0 Å². The molecule has 0 fully saturated rings. The molecule has 5 nitrogen and oxygen atoms in total. The average molecular weight is 287 g/mol. The van der Waals surface area contributed by atoms with Gasteiger partial charge in [-0.15, -0.1) is 0 Å². The van der Waals surface area contributed by atoms with E-state index in [1.807, 2.05) is 13.8 Å². The van der Waals surface area contributed by atoms with Gasteiger partial charge in [0.25, 0.3) is 5.56 Å². The van der Waals surface area contributed by atoms with Crippen LogP contribution in [0, 0.1) is 5.92 Å². The van der Waals surface area contributed by atoms with Crippen LogP contribution in [0.15, 0.2) is 11.0 Å². The smallest absolute Gasteiger partial charge is 0.287 e. The molecule has 0 aliphatic rings. The molecule has 108 valence electrons. The topological polar surface area (TPSA) is 72.9 Å². The Bertz CT molecular complexity index is 470. The lowest BCUT2D eigenvalue weighted by Crippen LogP contribution is -2.32. The van der Waals surface area contributed by atoms with Crippen LogP contribution < -0.4 is 16.6 Å². The van der Waals surface area contributed by atoms with Crippen molar-refractivity contribution in [3.8, 4) is 0 Å². The molecule has 0 aliphatic carbocycles. The van der Waals surface area contributed by atoms with E-state index in [9.17, 15) is 4.79 Å². The molecule has 0 radical (unpaired) electrons. The molecule has 1 rings (SSSR count). The van der Waals surface area contributed by atoms with Gasteiger partial charge in [0.1, 0.15) is 5.02 Å². The molecule has 19 heavy (non-hydrogen) atoms. The van der Waals surface area contributed by atoms with E-state index in [0.29, 0.717) is 18.2 Å². The second-order valence-electron chi connectivity index (χ2n) is 5.42. The van der Waals surface area contributed by atoms with E-state index in [0.717, 1.165) is 6.42 Å². The van der Waals surface area contributed by atoms with Gasteiger partial charge in [-0.25, -0.2) is 4.68 Å². The van der Waals surface area contributed by atoms with Crippen LogP contribution in [-0.2, 0) is 0 Å². The second kappa shape index (κ2) is 6.91. The summed E-state index contributed by atoms with van der Waals surface area (Å²) in [6, 6.07) is 0.0774. The normalized spacial score (nSPS) is 13.1. The standard InChI is InChI=1S/C13H23ClN4O/c1-8(2)5-10(6-15)17-11-7-16-18(9(3)4)13(19)12(11)14/h7-10,17H,5-6,15H2,1-4H3. The molecular formula is C13H23ClN4O. The molecule has 1 unspecified atom stereocenters. The molecule has 1 heterocycles. The summed E-state index contributed by atoms with van der Waals surface area (Å²) in [6.45, 7) is 8.52. The summed E-state index contributed by atoms with van der Waals surface area (Å²) in [5.41, 5.74) is 6.01. The first-order valence-electron chi connectivity index (χ1n) is 6.60. The molecule has 0 aliphatic heterocycles. The Kier molecular flexibility index (Phi) is 5.82. The summed E-state index contributed by atoms with van der Waals surface area (Å²) in [7, 11) is 0. The molecule has 1 aromatic rings. The lowest BCUT2D eigenvalue weighted by molar-refractivity contribution is 0.500. The van der Waals surface area contributed by atoms with Crippen LogP contribution in [0.2, 0.25) is 5.02 Å². The molecule has 0 amide bonds. The SMILES string of the molecule is CC(C)CC(CN)Nc1cnn(C(C)C)c(=O)c1Cl.